The zero-order valence-electron chi connectivity index (χ0n) is 17.7. The fraction of sp³-hybridized carbons (Fsp3) is 0.300. The molecule has 0 saturated heterocycles. The molecule has 33 heavy (non-hydrogen) atoms. The van der Waals surface area contributed by atoms with Crippen molar-refractivity contribution in [3.63, 3.8) is 0 Å². The Morgan fingerprint density at radius 1 is 1.12 bits per heavy atom. The van der Waals surface area contributed by atoms with Crippen LogP contribution in [0.5, 0.6) is 0 Å². The highest BCUT2D eigenvalue weighted by Crippen LogP contribution is 2.30. The lowest BCUT2D eigenvalue weighted by Gasteiger charge is -2.17. The smallest absolute Gasteiger partial charge is 0.277 e. The molecule has 0 saturated carbocycles. The summed E-state index contributed by atoms with van der Waals surface area (Å²) in [7, 11) is 3.04. The van der Waals surface area contributed by atoms with Crippen LogP contribution in [0.2, 0.25) is 0 Å². The van der Waals surface area contributed by atoms with Gasteiger partial charge < -0.3 is 15.3 Å². The maximum Gasteiger partial charge on any atom is 0.277 e. The van der Waals surface area contributed by atoms with Crippen molar-refractivity contribution in [1.82, 2.24) is 15.9 Å². The number of amides is 2. The number of hydroxylamine groups is 2. The molecule has 0 aliphatic heterocycles. The molecule has 180 valence electrons. The third kappa shape index (κ3) is 7.53. The summed E-state index contributed by atoms with van der Waals surface area (Å²) in [5.74, 6) is -4.83. The summed E-state index contributed by atoms with van der Waals surface area (Å²) in [6.45, 7) is -1.38. The number of nitrogens with zero attached hydrogens (tertiary/aromatic N) is 1. The Balaban J connectivity index is 2.34. The standard InChI is InChI=1S/C20H22F3IN4O5/c1-28(2)16(30)10-33-25-9-11-7-13(20(31)27-32-6-5-29)19(18(23)17(11)22)26-15-4-3-12(24)8-14(15)21/h3-4,7-8,25-26,29H,5-6,9-10H2,1-2H3,(H,27,31). The number of hydrogen-bond donors (Lipinski definition) is 4. The van der Waals surface area contributed by atoms with Crippen molar-refractivity contribution in [3.8, 4) is 0 Å². The molecule has 2 rings (SSSR count). The normalized spacial score (nSPS) is 10.8. The number of carbonyl (C=O) groups excluding carboxylic acids is 2. The summed E-state index contributed by atoms with van der Waals surface area (Å²) < 4.78 is 44.5. The van der Waals surface area contributed by atoms with E-state index in [4.69, 9.17) is 14.8 Å². The van der Waals surface area contributed by atoms with Crippen molar-refractivity contribution >= 4 is 45.8 Å². The lowest BCUT2D eigenvalue weighted by molar-refractivity contribution is -0.136. The summed E-state index contributed by atoms with van der Waals surface area (Å²) in [4.78, 5) is 35.0. The van der Waals surface area contributed by atoms with Gasteiger partial charge in [0.25, 0.3) is 5.91 Å². The van der Waals surface area contributed by atoms with Crippen LogP contribution in [-0.4, -0.2) is 55.7 Å². The molecule has 0 radical (unpaired) electrons. The van der Waals surface area contributed by atoms with E-state index in [1.807, 2.05) is 28.1 Å². The zero-order valence-corrected chi connectivity index (χ0v) is 19.8. The molecular weight excluding hydrogens is 560 g/mol. The summed E-state index contributed by atoms with van der Waals surface area (Å²) in [5, 5.41) is 11.2. The number of halogens is 4. The maximum absolute atomic E-state index is 15.0. The van der Waals surface area contributed by atoms with E-state index in [-0.39, 0.29) is 36.9 Å². The van der Waals surface area contributed by atoms with Gasteiger partial charge in [0, 0.05) is 29.8 Å². The highest BCUT2D eigenvalue weighted by Gasteiger charge is 2.24. The second-order valence-corrected chi connectivity index (χ2v) is 7.98. The van der Waals surface area contributed by atoms with E-state index in [0.29, 0.717) is 3.57 Å². The van der Waals surface area contributed by atoms with E-state index in [1.165, 1.54) is 37.2 Å². The van der Waals surface area contributed by atoms with Gasteiger partial charge in [-0.05, 0) is 46.9 Å². The summed E-state index contributed by atoms with van der Waals surface area (Å²) in [5.41, 5.74) is 2.82. The van der Waals surface area contributed by atoms with E-state index in [1.54, 1.807) is 0 Å². The topological polar surface area (TPSA) is 112 Å². The molecular formula is C20H22F3IN4O5. The summed E-state index contributed by atoms with van der Waals surface area (Å²) in [6, 6.07) is 5.04. The van der Waals surface area contributed by atoms with E-state index in [0.717, 1.165) is 6.07 Å². The van der Waals surface area contributed by atoms with Gasteiger partial charge in [0.05, 0.1) is 30.2 Å². The van der Waals surface area contributed by atoms with Gasteiger partial charge in [0.15, 0.2) is 11.6 Å². The van der Waals surface area contributed by atoms with Crippen molar-refractivity contribution in [2.24, 2.45) is 0 Å². The van der Waals surface area contributed by atoms with E-state index < -0.39 is 41.2 Å². The van der Waals surface area contributed by atoms with Crippen LogP contribution in [0.15, 0.2) is 24.3 Å². The number of benzene rings is 2. The minimum absolute atomic E-state index is 0.185. The number of nitrogens with one attached hydrogen (secondary N) is 3. The minimum Gasteiger partial charge on any atom is -0.394 e. The number of hydrogen-bond acceptors (Lipinski definition) is 7. The fourth-order valence-electron chi connectivity index (χ4n) is 2.42. The van der Waals surface area contributed by atoms with Crippen molar-refractivity contribution in [1.29, 1.82) is 0 Å². The highest BCUT2D eigenvalue weighted by molar-refractivity contribution is 14.1. The number of aliphatic hydroxyl groups excluding tert-OH is 1. The Kier molecular flexibility index (Phi) is 10.3. The Morgan fingerprint density at radius 3 is 2.48 bits per heavy atom. The second kappa shape index (κ2) is 12.7. The van der Waals surface area contributed by atoms with Crippen LogP contribution in [0, 0.1) is 21.0 Å². The van der Waals surface area contributed by atoms with Gasteiger partial charge in [-0.3, -0.25) is 19.3 Å². The quantitative estimate of drug-likeness (QED) is 0.183. The fourth-order valence-corrected chi connectivity index (χ4v) is 2.88. The van der Waals surface area contributed by atoms with E-state index >= 15 is 0 Å². The van der Waals surface area contributed by atoms with Crippen LogP contribution in [0.3, 0.4) is 0 Å². The average molecular weight is 582 g/mol. The van der Waals surface area contributed by atoms with Crippen LogP contribution < -0.4 is 16.3 Å². The van der Waals surface area contributed by atoms with Crippen LogP contribution in [0.25, 0.3) is 0 Å². The Bertz CT molecular complexity index is 1010. The number of likely N-dealkylation sites (N-methyl/N-ethyl adjacent to an activating group) is 1. The molecule has 0 fully saturated rings. The largest absolute Gasteiger partial charge is 0.394 e. The summed E-state index contributed by atoms with van der Waals surface area (Å²) in [6.07, 6.45) is 0. The molecule has 0 heterocycles. The summed E-state index contributed by atoms with van der Waals surface area (Å²) >= 11 is 1.88. The third-order valence-electron chi connectivity index (χ3n) is 4.13. The number of carbonyl (C=O) groups is 2. The lowest BCUT2D eigenvalue weighted by Crippen LogP contribution is -2.30. The van der Waals surface area contributed by atoms with Gasteiger partial charge in [-0.15, -0.1) is 0 Å². The van der Waals surface area contributed by atoms with Crippen molar-refractivity contribution in [3.05, 3.63) is 56.4 Å². The first kappa shape index (κ1) is 26.8. The molecule has 2 aromatic rings. The van der Waals surface area contributed by atoms with Gasteiger partial charge in [-0.1, -0.05) is 0 Å². The Labute approximate surface area is 201 Å². The molecule has 0 bridgehead atoms. The average Bonchev–Trinajstić information content (AvgIpc) is 2.77. The first-order valence-corrected chi connectivity index (χ1v) is 10.5. The van der Waals surface area contributed by atoms with Crippen LogP contribution >= 0.6 is 22.6 Å². The van der Waals surface area contributed by atoms with Crippen LogP contribution in [0.1, 0.15) is 15.9 Å². The number of rotatable bonds is 11. The number of aliphatic hydroxyl groups is 1. The number of anilines is 2. The Morgan fingerprint density at radius 2 is 1.85 bits per heavy atom. The van der Waals surface area contributed by atoms with Gasteiger partial charge in [-0.25, -0.2) is 18.7 Å². The monoisotopic (exact) mass is 582 g/mol. The van der Waals surface area contributed by atoms with Gasteiger partial charge in [0.1, 0.15) is 12.4 Å². The SMILES string of the molecule is CN(C)C(=O)CONCc1cc(C(=O)NOCCO)c(Nc2ccc(I)cc2F)c(F)c1F. The molecule has 4 N–H and O–H groups in total. The molecule has 0 atom stereocenters. The molecule has 0 aliphatic rings. The molecule has 2 amide bonds. The maximum atomic E-state index is 15.0. The van der Waals surface area contributed by atoms with Crippen molar-refractivity contribution in [2.45, 2.75) is 6.54 Å². The lowest BCUT2D eigenvalue weighted by atomic mass is 10.1. The molecule has 0 spiro atoms. The second-order valence-electron chi connectivity index (χ2n) is 6.74. The molecule has 9 nitrogen and oxygen atoms in total. The zero-order chi connectivity index (χ0) is 24.5. The van der Waals surface area contributed by atoms with Gasteiger partial charge >= 0.3 is 0 Å². The van der Waals surface area contributed by atoms with E-state index in [9.17, 15) is 22.8 Å². The molecule has 13 heteroatoms. The molecule has 0 aliphatic carbocycles. The third-order valence-corrected chi connectivity index (χ3v) is 4.81. The van der Waals surface area contributed by atoms with Gasteiger partial charge in [0.2, 0.25) is 5.91 Å². The first-order valence-electron chi connectivity index (χ1n) is 9.46. The van der Waals surface area contributed by atoms with E-state index in [2.05, 4.69) is 10.8 Å². The molecule has 0 unspecified atom stereocenters. The highest BCUT2D eigenvalue weighted by atomic mass is 127. The molecule has 0 aromatic heterocycles. The predicted molar refractivity (Wildman–Crippen MR) is 121 cm³/mol. The van der Waals surface area contributed by atoms with Crippen molar-refractivity contribution < 1.29 is 37.5 Å². The van der Waals surface area contributed by atoms with Crippen LogP contribution in [0.4, 0.5) is 24.5 Å². The van der Waals surface area contributed by atoms with Gasteiger partial charge in [-0.2, -0.15) is 5.48 Å². The van der Waals surface area contributed by atoms with Crippen molar-refractivity contribution in [2.75, 3.05) is 39.2 Å². The first-order chi connectivity index (χ1) is 15.6. The Hall–Kier alpha value is -2.46. The predicted octanol–water partition coefficient (Wildman–Crippen LogP) is 2.22. The molecule has 2 aromatic carbocycles. The van der Waals surface area contributed by atoms with Crippen LogP contribution in [-0.2, 0) is 21.0 Å². The minimum atomic E-state index is -1.44.